The van der Waals surface area contributed by atoms with Gasteiger partial charge < -0.3 is 19.8 Å². The molecule has 0 fully saturated rings. The number of fused-ring (bicyclic) bond motifs is 1. The van der Waals surface area contributed by atoms with Gasteiger partial charge >= 0.3 is 0 Å². The largest absolute Gasteiger partial charge is 0.450 e. The van der Waals surface area contributed by atoms with Crippen molar-refractivity contribution in [2.75, 3.05) is 12.3 Å². The summed E-state index contributed by atoms with van der Waals surface area (Å²) in [5, 5.41) is 4.85. The molecule has 33 heavy (non-hydrogen) atoms. The van der Waals surface area contributed by atoms with E-state index in [0.717, 1.165) is 29.4 Å². The smallest absolute Gasteiger partial charge is 0.198 e. The van der Waals surface area contributed by atoms with E-state index in [1.165, 1.54) is 6.20 Å². The molecule has 0 atom stereocenters. The number of nitrogen functional groups attached to an aromatic ring is 1. The molecule has 1 aromatic carbocycles. The quantitative estimate of drug-likeness (QED) is 0.211. The lowest BCUT2D eigenvalue weighted by Gasteiger charge is -2.15. The Morgan fingerprint density at radius 3 is 2.45 bits per heavy atom. The minimum absolute atomic E-state index is 0.0191. The van der Waals surface area contributed by atoms with Gasteiger partial charge in [0.05, 0.1) is 11.1 Å². The van der Waals surface area contributed by atoms with Gasteiger partial charge in [0.25, 0.3) is 0 Å². The minimum Gasteiger partial charge on any atom is -0.450 e. The Morgan fingerprint density at radius 1 is 1.09 bits per heavy atom. The number of rotatable bonds is 8. The fourth-order valence-corrected chi connectivity index (χ4v) is 4.29. The molecule has 0 saturated carbocycles. The molecule has 0 radical (unpaired) electrons. The lowest BCUT2D eigenvalue weighted by Crippen LogP contribution is -2.22. The van der Waals surface area contributed by atoms with Crippen molar-refractivity contribution in [3.05, 3.63) is 54.5 Å². The van der Waals surface area contributed by atoms with E-state index in [4.69, 9.17) is 15.2 Å². The Hall–Kier alpha value is -3.24. The Bertz CT molecular complexity index is 1270. The maximum atomic E-state index is 14.4. The first kappa shape index (κ1) is 22.9. The summed E-state index contributed by atoms with van der Waals surface area (Å²) in [5.41, 5.74) is 7.66. The van der Waals surface area contributed by atoms with E-state index in [2.05, 4.69) is 29.7 Å². The van der Waals surface area contributed by atoms with Gasteiger partial charge in [-0.2, -0.15) is 5.10 Å². The molecule has 2 N–H and O–H groups in total. The SMILES string of the molecule is Cn1nccc1-c1cn(COCC[Si](C)(C)C)c2nccc(Oc3c(F)cc(N)cc3F)c12. The van der Waals surface area contributed by atoms with Crippen LogP contribution in [0.1, 0.15) is 0 Å². The van der Waals surface area contributed by atoms with Crippen LogP contribution in [-0.2, 0) is 18.5 Å². The number of benzene rings is 1. The van der Waals surface area contributed by atoms with Gasteiger partial charge in [0.1, 0.15) is 18.1 Å². The molecule has 4 rings (SSSR count). The summed E-state index contributed by atoms with van der Waals surface area (Å²) in [6.07, 6.45) is 5.11. The molecular formula is C23H27F2N5O2Si. The van der Waals surface area contributed by atoms with E-state index in [1.54, 1.807) is 16.9 Å². The van der Waals surface area contributed by atoms with E-state index in [1.807, 2.05) is 23.9 Å². The van der Waals surface area contributed by atoms with Gasteiger partial charge in [-0.05, 0) is 18.2 Å². The Balaban J connectivity index is 1.77. The van der Waals surface area contributed by atoms with Crippen LogP contribution in [0.5, 0.6) is 11.5 Å². The Kier molecular flexibility index (Phi) is 6.22. The van der Waals surface area contributed by atoms with E-state index in [0.29, 0.717) is 24.4 Å². The van der Waals surface area contributed by atoms with Crippen LogP contribution in [0.3, 0.4) is 0 Å². The molecule has 3 aromatic heterocycles. The standard InChI is InChI=1S/C23H27F2N5O2Si/c1-29-19(5-8-28-29)16-13-30(14-31-9-10-33(2,3)4)23-21(16)20(6-7-27-23)32-22-17(24)11-15(26)12-18(22)25/h5-8,11-13H,9-10,14,26H2,1-4H3. The average molecular weight is 472 g/mol. The maximum absolute atomic E-state index is 14.4. The molecule has 0 aliphatic rings. The van der Waals surface area contributed by atoms with Crippen LogP contribution in [0, 0.1) is 11.6 Å². The highest BCUT2D eigenvalue weighted by molar-refractivity contribution is 6.76. The molecule has 0 amide bonds. The normalized spacial score (nSPS) is 11.9. The van der Waals surface area contributed by atoms with Crippen LogP contribution < -0.4 is 10.5 Å². The van der Waals surface area contributed by atoms with Gasteiger partial charge in [-0.15, -0.1) is 0 Å². The summed E-state index contributed by atoms with van der Waals surface area (Å²) in [5.74, 6) is -2.02. The van der Waals surface area contributed by atoms with Crippen LogP contribution in [0.15, 0.2) is 42.9 Å². The van der Waals surface area contributed by atoms with Gasteiger partial charge in [-0.25, -0.2) is 13.8 Å². The van der Waals surface area contributed by atoms with Gasteiger partial charge in [-0.1, -0.05) is 19.6 Å². The summed E-state index contributed by atoms with van der Waals surface area (Å²) in [6.45, 7) is 7.82. The third kappa shape index (κ3) is 4.91. The first-order chi connectivity index (χ1) is 15.6. The van der Waals surface area contributed by atoms with Crippen molar-refractivity contribution in [3.8, 4) is 22.8 Å². The highest BCUT2D eigenvalue weighted by Crippen LogP contribution is 2.39. The second-order valence-corrected chi connectivity index (χ2v) is 14.7. The van der Waals surface area contributed by atoms with Gasteiger partial charge in [0.2, 0.25) is 0 Å². The van der Waals surface area contributed by atoms with Crippen molar-refractivity contribution in [1.82, 2.24) is 19.3 Å². The summed E-state index contributed by atoms with van der Waals surface area (Å²) in [4.78, 5) is 4.50. The zero-order chi connectivity index (χ0) is 23.8. The maximum Gasteiger partial charge on any atom is 0.198 e. The molecular weight excluding hydrogens is 444 g/mol. The molecule has 0 aliphatic heterocycles. The Labute approximate surface area is 191 Å². The number of nitrogens with zero attached hydrogens (tertiary/aromatic N) is 4. The van der Waals surface area contributed by atoms with Crippen molar-refractivity contribution in [1.29, 1.82) is 0 Å². The second kappa shape index (κ2) is 8.95. The second-order valence-electron chi connectivity index (χ2n) is 9.12. The highest BCUT2D eigenvalue weighted by Gasteiger charge is 2.21. The van der Waals surface area contributed by atoms with Crippen molar-refractivity contribution in [2.45, 2.75) is 32.4 Å². The zero-order valence-corrected chi connectivity index (χ0v) is 20.1. The molecule has 0 saturated heterocycles. The van der Waals surface area contributed by atoms with Crippen LogP contribution in [0.25, 0.3) is 22.3 Å². The number of hydrogen-bond donors (Lipinski definition) is 1. The first-order valence-electron chi connectivity index (χ1n) is 10.6. The van der Waals surface area contributed by atoms with Crippen molar-refractivity contribution in [3.63, 3.8) is 0 Å². The van der Waals surface area contributed by atoms with Crippen LogP contribution in [0.4, 0.5) is 14.5 Å². The van der Waals surface area contributed by atoms with E-state index < -0.39 is 25.5 Å². The third-order valence-corrected chi connectivity index (χ3v) is 6.98. The highest BCUT2D eigenvalue weighted by atomic mass is 28.3. The van der Waals surface area contributed by atoms with E-state index in [9.17, 15) is 8.78 Å². The number of hydrogen-bond acceptors (Lipinski definition) is 5. The fraction of sp³-hybridized carbons (Fsp3) is 0.304. The molecule has 7 nitrogen and oxygen atoms in total. The molecule has 0 aliphatic carbocycles. The summed E-state index contributed by atoms with van der Waals surface area (Å²) in [7, 11) is 0.595. The predicted octanol–water partition coefficient (Wildman–Crippen LogP) is 5.40. The minimum atomic E-state index is -1.22. The third-order valence-electron chi connectivity index (χ3n) is 5.28. The number of pyridine rings is 1. The lowest BCUT2D eigenvalue weighted by molar-refractivity contribution is 0.0899. The molecule has 174 valence electrons. The number of anilines is 1. The fourth-order valence-electron chi connectivity index (χ4n) is 3.53. The number of halogens is 2. The average Bonchev–Trinajstić information content (AvgIpc) is 3.31. The van der Waals surface area contributed by atoms with Crippen molar-refractivity contribution >= 4 is 24.8 Å². The number of ether oxygens (including phenoxy) is 2. The monoisotopic (exact) mass is 471 g/mol. The molecule has 4 aromatic rings. The zero-order valence-electron chi connectivity index (χ0n) is 19.1. The van der Waals surface area contributed by atoms with Crippen LogP contribution >= 0.6 is 0 Å². The number of nitrogens with two attached hydrogens (primary N) is 1. The topological polar surface area (TPSA) is 80.1 Å². The summed E-state index contributed by atoms with van der Waals surface area (Å²) < 4.78 is 44.2. The number of aryl methyl sites for hydroxylation is 1. The molecule has 0 spiro atoms. The van der Waals surface area contributed by atoms with Gasteiger partial charge in [0.15, 0.2) is 17.4 Å². The van der Waals surface area contributed by atoms with E-state index in [-0.39, 0.29) is 11.4 Å². The Morgan fingerprint density at radius 2 is 1.82 bits per heavy atom. The molecule has 10 heteroatoms. The van der Waals surface area contributed by atoms with Crippen molar-refractivity contribution < 1.29 is 18.3 Å². The molecule has 3 heterocycles. The summed E-state index contributed by atoms with van der Waals surface area (Å²) in [6, 6.07) is 6.52. The van der Waals surface area contributed by atoms with Gasteiger partial charge in [-0.3, -0.25) is 4.68 Å². The van der Waals surface area contributed by atoms with Crippen LogP contribution in [0.2, 0.25) is 25.7 Å². The molecule has 0 unspecified atom stereocenters. The number of aromatic nitrogens is 4. The summed E-state index contributed by atoms with van der Waals surface area (Å²) >= 11 is 0. The van der Waals surface area contributed by atoms with Crippen LogP contribution in [-0.4, -0.2) is 34.0 Å². The predicted molar refractivity (Wildman–Crippen MR) is 127 cm³/mol. The first-order valence-corrected chi connectivity index (χ1v) is 14.3. The lowest BCUT2D eigenvalue weighted by atomic mass is 10.1. The van der Waals surface area contributed by atoms with Crippen molar-refractivity contribution in [2.24, 2.45) is 7.05 Å². The van der Waals surface area contributed by atoms with E-state index >= 15 is 0 Å². The molecule has 0 bridgehead atoms. The van der Waals surface area contributed by atoms with Gasteiger partial charge in [0, 0.05) is 63.7 Å².